The number of rotatable bonds is 36. The fourth-order valence-corrected chi connectivity index (χ4v) is 13.9. The Balaban J connectivity index is 1.21. The highest BCUT2D eigenvalue weighted by Gasteiger charge is 2.41. The predicted octanol–water partition coefficient (Wildman–Crippen LogP) is 23.0. The van der Waals surface area contributed by atoms with E-state index in [-0.39, 0.29) is 13.1 Å². The fraction of sp³-hybridized carbons (Fsp3) is 0.415. The lowest BCUT2D eigenvalue weighted by Gasteiger charge is -2.32. The first-order valence-electron chi connectivity index (χ1n) is 35.2. The summed E-state index contributed by atoms with van der Waals surface area (Å²) in [7, 11) is 0. The minimum Gasteiger partial charge on any atom is -0.457 e. The van der Waals surface area contributed by atoms with E-state index in [2.05, 4.69) is 76.2 Å². The molecule has 480 valence electrons. The smallest absolute Gasteiger partial charge is 0.261 e. The third kappa shape index (κ3) is 14.2. The molecule has 10 nitrogen and oxygen atoms in total. The Morgan fingerprint density at radius 1 is 0.250 bits per heavy atom. The van der Waals surface area contributed by atoms with Crippen molar-refractivity contribution >= 4 is 66.7 Å². The molecule has 10 heteroatoms. The topological polar surface area (TPSA) is 112 Å². The van der Waals surface area contributed by atoms with Crippen LogP contribution in [0, 0.1) is 0 Å². The quantitative estimate of drug-likeness (QED) is 0.0165. The van der Waals surface area contributed by atoms with Crippen LogP contribution in [0.25, 0.3) is 43.1 Å². The van der Waals surface area contributed by atoms with E-state index in [1.807, 2.05) is 62.4 Å². The molecule has 0 atom stereocenters. The lowest BCUT2D eigenvalue weighted by Crippen LogP contribution is -2.41. The number of amides is 4. The van der Waals surface area contributed by atoms with Gasteiger partial charge in [-0.05, 0) is 159 Å². The first-order valence-corrected chi connectivity index (χ1v) is 35.2. The average molecular weight is 1240 g/mol. The number of benzene rings is 9. The number of ether oxygens (including phenoxy) is 4. The minimum atomic E-state index is -0.434. The molecule has 11 rings (SSSR count). The third-order valence-corrected chi connectivity index (χ3v) is 18.8. The van der Waals surface area contributed by atoms with Gasteiger partial charge in [-0.1, -0.05) is 193 Å². The van der Waals surface area contributed by atoms with Crippen molar-refractivity contribution in [1.82, 2.24) is 9.80 Å². The van der Waals surface area contributed by atoms with Crippen LogP contribution in [-0.4, -0.2) is 46.5 Å². The first kappa shape index (κ1) is 65.3. The van der Waals surface area contributed by atoms with E-state index < -0.39 is 23.6 Å². The second-order valence-corrected chi connectivity index (χ2v) is 25.9. The molecule has 9 aromatic carbocycles. The molecular weight excluding hydrogens is 1140 g/mol. The van der Waals surface area contributed by atoms with E-state index >= 15 is 19.2 Å². The van der Waals surface area contributed by atoms with Crippen LogP contribution in [-0.2, 0) is 25.7 Å². The number of nitrogens with zero attached hydrogens (tertiary/aromatic N) is 2. The van der Waals surface area contributed by atoms with Crippen LogP contribution < -0.4 is 18.9 Å². The minimum absolute atomic E-state index is 0.199. The summed E-state index contributed by atoms with van der Waals surface area (Å²) < 4.78 is 29.2. The monoisotopic (exact) mass is 1230 g/mol. The van der Waals surface area contributed by atoms with Gasteiger partial charge in [0.25, 0.3) is 23.6 Å². The number of unbranched alkanes of at least 4 members (excludes halogenated alkanes) is 16. The molecule has 2 heterocycles. The molecule has 0 unspecified atom stereocenters. The van der Waals surface area contributed by atoms with Crippen molar-refractivity contribution in [3.63, 3.8) is 0 Å². The maximum Gasteiger partial charge on any atom is 0.261 e. The van der Waals surface area contributed by atoms with Crippen LogP contribution in [0.2, 0.25) is 0 Å². The van der Waals surface area contributed by atoms with Crippen LogP contribution in [0.1, 0.15) is 246 Å². The lowest BCUT2D eigenvalue weighted by atomic mass is 9.80. The molecule has 0 spiro atoms. The number of carbonyl (C=O) groups is 4. The molecule has 0 N–H and O–H groups in total. The standard InChI is InChI=1S/C82H94N2O8/c1-7-13-17-21-25-29-55-33-41-59(42-34-55)89-67-51-63-71-64(80(86)83(49-11-5)79(63)85)53-69(91-61-45-37-57(38-46-61)31-27-23-19-15-9-3)75-76-70(92-62-47-39-58(40-48-62)32-28-24-20-16-10-4)54-66-72-65(81(87)84(50-12-6)82(66)88)52-68(74(78(72)76)73(67)77(71)75)90-60-43-35-56(36-44-60)30-26-22-18-14-8-2/h33-48,51-54H,7-32,49-50H2,1-6H3. The first-order chi connectivity index (χ1) is 45.1. The molecule has 0 aliphatic carbocycles. The van der Waals surface area contributed by atoms with Gasteiger partial charge in [-0.15, -0.1) is 0 Å². The Kier molecular flexibility index (Phi) is 21.9. The van der Waals surface area contributed by atoms with Gasteiger partial charge < -0.3 is 18.9 Å². The van der Waals surface area contributed by atoms with Crippen LogP contribution in [0.4, 0.5) is 0 Å². The van der Waals surface area contributed by atoms with Crippen molar-refractivity contribution < 1.29 is 38.1 Å². The summed E-state index contributed by atoms with van der Waals surface area (Å²) in [6.45, 7) is 13.2. The molecule has 0 bridgehead atoms. The zero-order chi connectivity index (χ0) is 64.1. The molecule has 92 heavy (non-hydrogen) atoms. The van der Waals surface area contributed by atoms with Gasteiger partial charge in [-0.2, -0.15) is 0 Å². The van der Waals surface area contributed by atoms with E-state index in [1.54, 1.807) is 24.3 Å². The Morgan fingerprint density at radius 2 is 0.467 bits per heavy atom. The second kappa shape index (κ2) is 30.9. The lowest BCUT2D eigenvalue weighted by molar-refractivity contribution is 0.0595. The maximum absolute atomic E-state index is 15.4. The summed E-state index contributed by atoms with van der Waals surface area (Å²) in [5, 5.41) is 4.02. The predicted molar refractivity (Wildman–Crippen MR) is 375 cm³/mol. The highest BCUT2D eigenvalue weighted by molar-refractivity contribution is 6.44. The van der Waals surface area contributed by atoms with Gasteiger partial charge in [0.1, 0.15) is 46.0 Å². The van der Waals surface area contributed by atoms with Gasteiger partial charge in [0, 0.05) is 56.2 Å². The van der Waals surface area contributed by atoms with Crippen LogP contribution in [0.5, 0.6) is 46.0 Å². The van der Waals surface area contributed by atoms with Gasteiger partial charge in [0.05, 0.1) is 22.3 Å². The van der Waals surface area contributed by atoms with Crippen molar-refractivity contribution in [1.29, 1.82) is 0 Å². The molecule has 0 fully saturated rings. The second-order valence-electron chi connectivity index (χ2n) is 25.9. The Bertz CT molecular complexity index is 3530. The van der Waals surface area contributed by atoms with Crippen LogP contribution in [0.15, 0.2) is 121 Å². The summed E-state index contributed by atoms with van der Waals surface area (Å²) >= 11 is 0. The summed E-state index contributed by atoms with van der Waals surface area (Å²) in [6.07, 6.45) is 28.3. The zero-order valence-corrected chi connectivity index (χ0v) is 55.5. The number of imide groups is 2. The summed E-state index contributed by atoms with van der Waals surface area (Å²) in [5.41, 5.74) is 6.00. The van der Waals surface area contributed by atoms with Crippen molar-refractivity contribution in [2.45, 2.75) is 208 Å². The Morgan fingerprint density at radius 3 is 0.674 bits per heavy atom. The molecule has 0 saturated carbocycles. The largest absolute Gasteiger partial charge is 0.457 e. The third-order valence-electron chi connectivity index (χ3n) is 18.8. The number of hydrogen-bond donors (Lipinski definition) is 0. The molecule has 4 amide bonds. The molecule has 0 aromatic heterocycles. The van der Waals surface area contributed by atoms with E-state index in [1.165, 1.54) is 109 Å². The molecule has 0 radical (unpaired) electrons. The highest BCUT2D eigenvalue weighted by atomic mass is 16.5. The molecular formula is C82H94N2O8. The van der Waals surface area contributed by atoms with Crippen LogP contribution >= 0.6 is 0 Å². The maximum atomic E-state index is 15.4. The van der Waals surface area contributed by atoms with Gasteiger partial charge >= 0.3 is 0 Å². The fourth-order valence-electron chi connectivity index (χ4n) is 13.9. The van der Waals surface area contributed by atoms with Gasteiger partial charge in [-0.3, -0.25) is 29.0 Å². The van der Waals surface area contributed by atoms with Crippen molar-refractivity contribution in [3.05, 3.63) is 166 Å². The number of aryl methyl sites for hydroxylation is 4. The van der Waals surface area contributed by atoms with Crippen LogP contribution in [0.3, 0.4) is 0 Å². The van der Waals surface area contributed by atoms with E-state index in [9.17, 15) is 0 Å². The zero-order valence-electron chi connectivity index (χ0n) is 55.5. The van der Waals surface area contributed by atoms with Gasteiger partial charge in [0.15, 0.2) is 0 Å². The van der Waals surface area contributed by atoms with Crippen molar-refractivity contribution in [2.24, 2.45) is 0 Å². The SMILES string of the molecule is CCCCCCCc1ccc(Oc2cc3c4c(cc(Oc5ccc(CCCCCCC)cc5)c5c6c(Oc7ccc(CCCCCCC)cc7)cc7c8c(cc(Oc9ccc(CCCCCCC)cc9)c(c2c45)c86)C(=O)N(CCC)C7=O)C(=O)N(CCC)C3=O)cc1. The molecule has 2 aliphatic heterocycles. The molecule has 2 aliphatic rings. The highest BCUT2D eigenvalue weighted by Crippen LogP contribution is 2.58. The number of hydrogen-bond acceptors (Lipinski definition) is 8. The van der Waals surface area contributed by atoms with E-state index in [0.717, 1.165) is 77.0 Å². The summed E-state index contributed by atoms with van der Waals surface area (Å²) in [5.74, 6) is 1.75. The normalized spacial score (nSPS) is 13.1. The van der Waals surface area contributed by atoms with E-state index in [4.69, 9.17) is 18.9 Å². The van der Waals surface area contributed by atoms with Crippen molar-refractivity contribution in [2.75, 3.05) is 13.1 Å². The number of carbonyl (C=O) groups excluding carboxylic acids is 4. The average Bonchev–Trinajstić information content (AvgIpc) is 0.674. The number of fused-ring (bicyclic) bond motifs is 2. The molecule has 0 saturated heterocycles. The van der Waals surface area contributed by atoms with E-state index in [0.29, 0.717) is 124 Å². The molecule has 9 aromatic rings. The summed E-state index contributed by atoms with van der Waals surface area (Å²) in [4.78, 5) is 64.3. The Labute approximate surface area is 545 Å². The Hall–Kier alpha value is -8.24. The summed E-state index contributed by atoms with van der Waals surface area (Å²) in [6, 6.07) is 39.9. The van der Waals surface area contributed by atoms with Gasteiger partial charge in [-0.25, -0.2) is 0 Å². The van der Waals surface area contributed by atoms with Crippen molar-refractivity contribution in [3.8, 4) is 46.0 Å². The van der Waals surface area contributed by atoms with Gasteiger partial charge in [0.2, 0.25) is 0 Å².